The number of nitrogens with one attached hydrogen (secondary N) is 3. The van der Waals surface area contributed by atoms with Gasteiger partial charge in [-0.1, -0.05) is 244 Å². The molecule has 0 atom stereocenters. The molecule has 23 rings (SSSR count). The third-order valence-electron chi connectivity index (χ3n) is 21.4. The molecule has 0 saturated heterocycles. The van der Waals surface area contributed by atoms with E-state index in [1.54, 1.807) is 49.4 Å². The van der Waals surface area contributed by atoms with Gasteiger partial charge in [-0.3, -0.25) is 23.8 Å². The molecule has 23 nitrogen and oxygen atoms in total. The van der Waals surface area contributed by atoms with Crippen molar-refractivity contribution in [2.75, 3.05) is 22.9 Å². The minimum atomic E-state index is 0.380. The molecule has 0 fully saturated rings. The molecule has 13 heterocycles. The SMILES string of the molecule is CC.CC.CC.CC.CC.CC.CC.CC.Cc1nn(C2Cc3ccccc3C2)c2ccnc(N)c12.Cc1nn(C2Cc3ccccc3C2)c2ccnc(N)c12.Cc1nn(C2Cc3ccccc3C2)c2ccnc(N)c12.Cc1nn(C2Cc3ccccc3C2)c2ccnc(N)c12.c1ccc2[nH]ccc2c1.c1ccc2[nH]ncc2c1.c1cnc2[nH]ccc2c1.c1cncnc1. The second-order valence-electron chi connectivity index (χ2n) is 28.6. The van der Waals surface area contributed by atoms with Crippen LogP contribution >= 0.6 is 0 Å². The van der Waals surface area contributed by atoms with Crippen molar-refractivity contribution in [3.05, 3.63) is 336 Å². The molecule has 13 aromatic heterocycles. The van der Waals surface area contributed by atoms with E-state index in [4.69, 9.17) is 43.3 Å². The Morgan fingerprint density at radius 2 is 0.550 bits per heavy atom. The second kappa shape index (κ2) is 52.0. The van der Waals surface area contributed by atoms with Crippen molar-refractivity contribution < 1.29 is 0 Å². The van der Waals surface area contributed by atoms with Gasteiger partial charge >= 0.3 is 0 Å². The predicted molar refractivity (Wildman–Crippen MR) is 542 cm³/mol. The Morgan fingerprint density at radius 3 is 0.837 bits per heavy atom. The van der Waals surface area contributed by atoms with Gasteiger partial charge in [0.15, 0.2) is 0 Å². The van der Waals surface area contributed by atoms with E-state index < -0.39 is 0 Å². The number of aromatic nitrogens is 19. The number of fused-ring (bicyclic) bond motifs is 11. The van der Waals surface area contributed by atoms with Crippen molar-refractivity contribution in [3.8, 4) is 0 Å². The van der Waals surface area contributed by atoms with Crippen LogP contribution in [0.1, 0.15) is 202 Å². The molecule has 0 spiro atoms. The fourth-order valence-electron chi connectivity index (χ4n) is 16.1. The van der Waals surface area contributed by atoms with Crippen molar-refractivity contribution in [3.63, 3.8) is 0 Å². The van der Waals surface area contributed by atoms with Gasteiger partial charge in [0.1, 0.15) is 35.2 Å². The molecule has 0 amide bonds. The van der Waals surface area contributed by atoms with Crippen molar-refractivity contribution in [1.82, 2.24) is 94.2 Å². The van der Waals surface area contributed by atoms with Crippen LogP contribution in [0, 0.1) is 27.7 Å². The summed E-state index contributed by atoms with van der Waals surface area (Å²) in [6, 6.07) is 70.1. The Hall–Kier alpha value is -14.2. The van der Waals surface area contributed by atoms with Crippen LogP contribution in [0.2, 0.25) is 0 Å². The summed E-state index contributed by atoms with van der Waals surface area (Å²) in [4.78, 5) is 34.2. The maximum atomic E-state index is 5.99. The molecule has 0 unspecified atom stereocenters. The standard InChI is InChI=1S/4C16H16N4.C8H7N.2C7H6N2.C4H4N2.8C2H6/c4*1-10-15-14(6-7-18-16(15)17)20(19-10)13-8-11-4-2-3-5-12(11)9-13;1-2-4-8-7(3-1)5-6-9-8;1-2-6-3-5-9-7(6)8-4-1;1-2-4-7-6(3-1)5-8-9-7;1-2-5-4-6-3-1;8*1-2/h4*2-7,13H,8-9H2,1H3,(H2,17,18);1-6,9H;2*1-5H,(H,8,9);1-4H;8*1-2H3. The highest BCUT2D eigenvalue weighted by molar-refractivity contribution is 5.93. The summed E-state index contributed by atoms with van der Waals surface area (Å²) < 4.78 is 8.51. The largest absolute Gasteiger partial charge is 0.383 e. The van der Waals surface area contributed by atoms with Crippen LogP contribution in [0.3, 0.4) is 0 Å². The molecular weight excluding hydrogens is 1600 g/mol. The Bertz CT molecular complexity index is 5560. The lowest BCUT2D eigenvalue weighted by Crippen LogP contribution is -2.10. The zero-order valence-corrected chi connectivity index (χ0v) is 79.3. The first kappa shape index (κ1) is 100. The lowest BCUT2D eigenvalue weighted by molar-refractivity contribution is 0.488. The minimum absolute atomic E-state index is 0.380. The Kier molecular flexibility index (Phi) is 40.4. The van der Waals surface area contributed by atoms with Crippen LogP contribution < -0.4 is 22.9 Å². The van der Waals surface area contributed by atoms with E-state index in [9.17, 15) is 0 Å². The Morgan fingerprint density at radius 1 is 0.271 bits per heavy atom. The quantitative estimate of drug-likeness (QED) is 0.0861. The average Bonchev–Trinajstić information content (AvgIpc) is 1.63. The molecule has 0 radical (unpaired) electrons. The second-order valence-corrected chi connectivity index (χ2v) is 28.6. The summed E-state index contributed by atoms with van der Waals surface area (Å²) in [5.74, 6) is 2.28. The number of nitrogens with two attached hydrogens (primary N) is 4. The zero-order chi connectivity index (χ0) is 93.3. The highest BCUT2D eigenvalue weighted by Crippen LogP contribution is 2.39. The van der Waals surface area contributed by atoms with E-state index in [0.717, 1.165) is 140 Å². The van der Waals surface area contributed by atoms with Gasteiger partial charge in [0.2, 0.25) is 0 Å². The van der Waals surface area contributed by atoms with E-state index in [2.05, 4.69) is 189 Å². The smallest absolute Gasteiger partial charge is 0.137 e. The number of hydrogen-bond donors (Lipinski definition) is 7. The molecule has 6 aromatic carbocycles. The molecule has 0 saturated carbocycles. The van der Waals surface area contributed by atoms with E-state index in [1.807, 2.05) is 236 Å². The number of nitrogen functional groups attached to an aromatic ring is 4. The van der Waals surface area contributed by atoms with Crippen LogP contribution in [0.25, 0.3) is 76.5 Å². The molecule has 23 heteroatoms. The fourth-order valence-corrected chi connectivity index (χ4v) is 16.1. The molecule has 0 bridgehead atoms. The monoisotopic (exact) mass is 1730 g/mol. The number of benzene rings is 6. The van der Waals surface area contributed by atoms with E-state index in [0.29, 0.717) is 47.4 Å². The van der Waals surface area contributed by atoms with E-state index >= 15 is 0 Å². The lowest BCUT2D eigenvalue weighted by atomic mass is 10.1. The van der Waals surface area contributed by atoms with Crippen LogP contribution in [0.4, 0.5) is 23.3 Å². The zero-order valence-electron chi connectivity index (χ0n) is 79.3. The van der Waals surface area contributed by atoms with Gasteiger partial charge in [-0.25, -0.2) is 34.9 Å². The minimum Gasteiger partial charge on any atom is -0.383 e. The van der Waals surface area contributed by atoms with Gasteiger partial charge < -0.3 is 32.9 Å². The third-order valence-corrected chi connectivity index (χ3v) is 21.4. The van der Waals surface area contributed by atoms with Crippen molar-refractivity contribution in [2.45, 2.75) is 214 Å². The fraction of sp³-hybridized carbons (Fsp3) is 0.302. The summed E-state index contributed by atoms with van der Waals surface area (Å²) in [6.45, 7) is 40.0. The Balaban J connectivity index is 0.000000182. The molecule has 4 aliphatic carbocycles. The van der Waals surface area contributed by atoms with Crippen LogP contribution in [0.15, 0.2) is 268 Å². The topological polar surface area (TPSA) is 326 Å². The summed E-state index contributed by atoms with van der Waals surface area (Å²) in [5, 5.41) is 33.2. The van der Waals surface area contributed by atoms with Gasteiger partial charge in [0.05, 0.1) is 102 Å². The van der Waals surface area contributed by atoms with Crippen molar-refractivity contribution in [2.24, 2.45) is 0 Å². The van der Waals surface area contributed by atoms with Gasteiger partial charge in [-0.15, -0.1) is 0 Å². The van der Waals surface area contributed by atoms with Crippen molar-refractivity contribution in [1.29, 1.82) is 0 Å². The molecule has 0 aliphatic heterocycles. The summed E-state index contributed by atoms with van der Waals surface area (Å²) >= 11 is 0. The number of para-hydroxylation sites is 2. The maximum absolute atomic E-state index is 5.99. The van der Waals surface area contributed by atoms with Crippen molar-refractivity contribution >= 4 is 99.7 Å². The predicted octanol–water partition coefficient (Wildman–Crippen LogP) is 24.6. The molecule has 674 valence electrons. The number of hydrogen-bond acceptors (Lipinski definition) is 16. The van der Waals surface area contributed by atoms with Crippen LogP contribution in [-0.2, 0) is 51.4 Å². The average molecular weight is 1730 g/mol. The van der Waals surface area contributed by atoms with Gasteiger partial charge in [-0.2, -0.15) is 25.5 Å². The number of rotatable bonds is 4. The lowest BCUT2D eigenvalue weighted by Gasteiger charge is -2.11. The molecule has 129 heavy (non-hydrogen) atoms. The van der Waals surface area contributed by atoms with Crippen LogP contribution in [0.5, 0.6) is 0 Å². The number of pyridine rings is 5. The van der Waals surface area contributed by atoms with Crippen LogP contribution in [-0.4, -0.2) is 94.2 Å². The molecule has 19 aromatic rings. The van der Waals surface area contributed by atoms with E-state index in [1.165, 1.54) is 61.7 Å². The highest BCUT2D eigenvalue weighted by Gasteiger charge is 2.30. The molecule has 11 N–H and O–H groups in total. The van der Waals surface area contributed by atoms with Gasteiger partial charge in [-0.05, 0) is 196 Å². The number of H-pyrrole nitrogens is 3. The maximum Gasteiger partial charge on any atom is 0.137 e. The number of aromatic amines is 3. The van der Waals surface area contributed by atoms with E-state index in [-0.39, 0.29) is 0 Å². The van der Waals surface area contributed by atoms with Gasteiger partial charge in [0, 0.05) is 72.1 Å². The first-order valence-electron chi connectivity index (χ1n) is 46.0. The normalized spacial score (nSPS) is 12.1. The summed E-state index contributed by atoms with van der Waals surface area (Å²) in [7, 11) is 0. The summed E-state index contributed by atoms with van der Waals surface area (Å²) in [6.07, 6.45) is 27.6. The first-order valence-corrected chi connectivity index (χ1v) is 46.0. The molecule has 4 aliphatic rings. The number of anilines is 4. The molecular formula is C106H135N23. The first-order chi connectivity index (χ1) is 63.3. The Labute approximate surface area is 762 Å². The number of aryl methyl sites for hydroxylation is 4. The van der Waals surface area contributed by atoms with Gasteiger partial charge in [0.25, 0.3) is 0 Å². The highest BCUT2D eigenvalue weighted by atomic mass is 15.3. The summed E-state index contributed by atoms with van der Waals surface area (Å²) in [5.41, 5.74) is 46.9. The third kappa shape index (κ3) is 24.9. The number of nitrogens with zero attached hydrogens (tertiary/aromatic N) is 16.